The molecular weight excluding hydrogens is 244 g/mol. The molecule has 2 heterocycles. The van der Waals surface area contributed by atoms with Gasteiger partial charge in [-0.15, -0.1) is 0 Å². The first kappa shape index (κ1) is 14.2. The molecule has 0 aromatic heterocycles. The molecule has 2 fully saturated rings. The zero-order chi connectivity index (χ0) is 14.2. The van der Waals surface area contributed by atoms with Gasteiger partial charge in [0.2, 0.25) is 0 Å². The summed E-state index contributed by atoms with van der Waals surface area (Å²) in [6.07, 6.45) is 3.99. The minimum absolute atomic E-state index is 0.108. The summed E-state index contributed by atoms with van der Waals surface area (Å²) in [5.74, 6) is -0.480. The Morgan fingerprint density at radius 1 is 1.26 bits per heavy atom. The Morgan fingerprint density at radius 3 is 2.21 bits per heavy atom. The summed E-state index contributed by atoms with van der Waals surface area (Å²) in [5.41, 5.74) is 0. The van der Waals surface area contributed by atoms with Crippen molar-refractivity contribution in [3.05, 3.63) is 0 Å². The van der Waals surface area contributed by atoms with Crippen molar-refractivity contribution in [3.8, 4) is 0 Å². The van der Waals surface area contributed by atoms with E-state index in [4.69, 9.17) is 5.11 Å². The summed E-state index contributed by atoms with van der Waals surface area (Å²) >= 11 is 0. The second kappa shape index (κ2) is 5.39. The van der Waals surface area contributed by atoms with E-state index in [2.05, 4.69) is 0 Å². The van der Waals surface area contributed by atoms with Gasteiger partial charge in [0.1, 0.15) is 0 Å². The van der Waals surface area contributed by atoms with Gasteiger partial charge in [-0.2, -0.15) is 0 Å². The Morgan fingerprint density at radius 2 is 1.79 bits per heavy atom. The van der Waals surface area contributed by atoms with Crippen LogP contribution < -0.4 is 0 Å². The Hall–Kier alpha value is -1.26. The highest BCUT2D eigenvalue weighted by Crippen LogP contribution is 2.40. The number of carboxylic acid groups (broad SMARTS) is 1. The molecule has 5 nitrogen and oxygen atoms in total. The largest absolute Gasteiger partial charge is 0.481 e. The van der Waals surface area contributed by atoms with E-state index in [0.29, 0.717) is 0 Å². The smallest absolute Gasteiger partial charge is 0.320 e. The number of carboxylic acids is 1. The fourth-order valence-corrected chi connectivity index (χ4v) is 3.42. The second-order valence-corrected chi connectivity index (χ2v) is 6.21. The molecule has 0 radical (unpaired) electrons. The molecule has 19 heavy (non-hydrogen) atoms. The Labute approximate surface area is 114 Å². The summed E-state index contributed by atoms with van der Waals surface area (Å²) in [6.45, 7) is 4.02. The van der Waals surface area contributed by atoms with Crippen LogP contribution in [0.4, 0.5) is 4.79 Å². The summed E-state index contributed by atoms with van der Waals surface area (Å²) in [6, 6.07) is 0.800. The lowest BCUT2D eigenvalue weighted by atomic mass is 9.88. The van der Waals surface area contributed by atoms with Gasteiger partial charge in [0.25, 0.3) is 0 Å². The summed E-state index contributed by atoms with van der Waals surface area (Å²) < 4.78 is 0. The van der Waals surface area contributed by atoms with Crippen LogP contribution in [0.25, 0.3) is 0 Å². The van der Waals surface area contributed by atoms with Crippen molar-refractivity contribution in [1.29, 1.82) is 0 Å². The number of piperidine rings is 1. The number of carbonyl (C=O) groups excluding carboxylic acids is 1. The number of rotatable bonds is 3. The Bertz CT molecular complexity index is 356. The molecule has 0 aromatic rings. The maximum atomic E-state index is 12.5. The monoisotopic (exact) mass is 268 g/mol. The molecular formula is C14H24N2O3. The zero-order valence-corrected chi connectivity index (χ0v) is 12.0. The van der Waals surface area contributed by atoms with Crippen LogP contribution in [0, 0.1) is 5.92 Å². The van der Waals surface area contributed by atoms with Gasteiger partial charge < -0.3 is 14.9 Å². The van der Waals surface area contributed by atoms with Gasteiger partial charge in [-0.25, -0.2) is 4.79 Å². The standard InChI is InChI=1S/C14H24N2O3/c1-9(2)15(3)14(19)16-11-4-5-12(16)7-10(6-11)8-13(17)18/h9-12H,4-8H2,1-3H3,(H,17,18). The molecule has 1 N–H and O–H groups in total. The number of amides is 2. The third-order valence-corrected chi connectivity index (χ3v) is 4.59. The highest BCUT2D eigenvalue weighted by Gasteiger charge is 2.44. The van der Waals surface area contributed by atoms with Crippen LogP contribution in [-0.4, -0.2) is 52.1 Å². The molecule has 2 bridgehead atoms. The normalized spacial score (nSPS) is 29.7. The number of aliphatic carboxylic acids is 1. The molecule has 2 saturated heterocycles. The highest BCUT2D eigenvalue weighted by molar-refractivity contribution is 5.76. The predicted molar refractivity (Wildman–Crippen MR) is 71.9 cm³/mol. The first-order chi connectivity index (χ1) is 8.90. The molecule has 2 unspecified atom stereocenters. The van der Waals surface area contributed by atoms with Gasteiger partial charge in [0, 0.05) is 31.6 Å². The van der Waals surface area contributed by atoms with Crippen LogP contribution >= 0.6 is 0 Å². The van der Waals surface area contributed by atoms with Crippen molar-refractivity contribution < 1.29 is 14.7 Å². The molecule has 0 aromatic carbocycles. The van der Waals surface area contributed by atoms with E-state index in [1.54, 1.807) is 4.90 Å². The minimum Gasteiger partial charge on any atom is -0.481 e. The summed E-state index contributed by atoms with van der Waals surface area (Å²) in [7, 11) is 1.84. The molecule has 2 amide bonds. The molecule has 2 aliphatic rings. The van der Waals surface area contributed by atoms with E-state index in [1.165, 1.54) is 0 Å². The quantitative estimate of drug-likeness (QED) is 0.853. The van der Waals surface area contributed by atoms with Crippen LogP contribution in [-0.2, 0) is 4.79 Å². The van der Waals surface area contributed by atoms with Gasteiger partial charge in [-0.3, -0.25) is 4.79 Å². The fraction of sp³-hybridized carbons (Fsp3) is 0.857. The Kier molecular flexibility index (Phi) is 4.02. The average molecular weight is 268 g/mol. The molecule has 108 valence electrons. The molecule has 2 atom stereocenters. The summed E-state index contributed by atoms with van der Waals surface area (Å²) in [5, 5.41) is 8.91. The predicted octanol–water partition coefficient (Wildman–Crippen LogP) is 2.16. The van der Waals surface area contributed by atoms with E-state index >= 15 is 0 Å². The van der Waals surface area contributed by atoms with Gasteiger partial charge in [0.05, 0.1) is 0 Å². The second-order valence-electron chi connectivity index (χ2n) is 6.21. The third kappa shape index (κ3) is 2.85. The minimum atomic E-state index is -0.719. The highest BCUT2D eigenvalue weighted by atomic mass is 16.4. The van der Waals surface area contributed by atoms with Crippen LogP contribution in [0.3, 0.4) is 0 Å². The number of urea groups is 1. The lowest BCUT2D eigenvalue weighted by molar-refractivity contribution is -0.138. The van der Waals surface area contributed by atoms with Gasteiger partial charge >= 0.3 is 12.0 Å². The van der Waals surface area contributed by atoms with Crippen molar-refractivity contribution in [1.82, 2.24) is 9.80 Å². The lowest BCUT2D eigenvalue weighted by Gasteiger charge is -2.41. The van der Waals surface area contributed by atoms with Crippen molar-refractivity contribution >= 4 is 12.0 Å². The van der Waals surface area contributed by atoms with Crippen LogP contribution in [0.5, 0.6) is 0 Å². The van der Waals surface area contributed by atoms with Crippen LogP contribution in [0.2, 0.25) is 0 Å². The molecule has 0 aliphatic carbocycles. The lowest BCUT2D eigenvalue weighted by Crippen LogP contribution is -2.52. The molecule has 2 rings (SSSR count). The molecule has 5 heteroatoms. The first-order valence-electron chi connectivity index (χ1n) is 7.17. The zero-order valence-electron chi connectivity index (χ0n) is 12.0. The van der Waals surface area contributed by atoms with E-state index in [0.717, 1.165) is 25.7 Å². The van der Waals surface area contributed by atoms with Crippen LogP contribution in [0.15, 0.2) is 0 Å². The average Bonchev–Trinajstić information content (AvgIpc) is 2.58. The van der Waals surface area contributed by atoms with Crippen molar-refractivity contribution in [2.24, 2.45) is 5.92 Å². The van der Waals surface area contributed by atoms with E-state index in [9.17, 15) is 9.59 Å². The van der Waals surface area contributed by atoms with Gasteiger partial charge in [0.15, 0.2) is 0 Å². The molecule has 0 spiro atoms. The number of hydrogen-bond acceptors (Lipinski definition) is 2. The first-order valence-corrected chi connectivity index (χ1v) is 7.17. The van der Waals surface area contributed by atoms with E-state index < -0.39 is 5.97 Å². The van der Waals surface area contributed by atoms with Crippen LogP contribution in [0.1, 0.15) is 46.0 Å². The van der Waals surface area contributed by atoms with Crippen molar-refractivity contribution in [3.63, 3.8) is 0 Å². The SMILES string of the molecule is CC(C)N(C)C(=O)N1C2CCC1CC(CC(=O)O)C2. The maximum Gasteiger partial charge on any atom is 0.320 e. The van der Waals surface area contributed by atoms with E-state index in [-0.39, 0.29) is 36.5 Å². The number of nitrogens with zero attached hydrogens (tertiary/aromatic N) is 2. The van der Waals surface area contributed by atoms with Crippen molar-refractivity contribution in [2.45, 2.75) is 64.1 Å². The number of fused-ring (bicyclic) bond motifs is 2. The van der Waals surface area contributed by atoms with E-state index in [1.807, 2.05) is 25.8 Å². The fourth-order valence-electron chi connectivity index (χ4n) is 3.42. The van der Waals surface area contributed by atoms with Gasteiger partial charge in [-0.05, 0) is 45.4 Å². The third-order valence-electron chi connectivity index (χ3n) is 4.59. The Balaban J connectivity index is 2.03. The topological polar surface area (TPSA) is 60.9 Å². The summed E-state index contributed by atoms with van der Waals surface area (Å²) in [4.78, 5) is 27.1. The molecule has 0 saturated carbocycles. The number of hydrogen-bond donors (Lipinski definition) is 1. The number of carbonyl (C=O) groups is 2. The van der Waals surface area contributed by atoms with Crippen molar-refractivity contribution in [2.75, 3.05) is 7.05 Å². The maximum absolute atomic E-state index is 12.5. The van der Waals surface area contributed by atoms with Gasteiger partial charge in [-0.1, -0.05) is 0 Å². The molecule has 2 aliphatic heterocycles.